The van der Waals surface area contributed by atoms with E-state index < -0.39 is 5.76 Å². The number of hydrogen-bond acceptors (Lipinski definition) is 4. The zero-order valence-corrected chi connectivity index (χ0v) is 10.7. The van der Waals surface area contributed by atoms with Crippen LogP contribution in [0.5, 0.6) is 0 Å². The van der Waals surface area contributed by atoms with Crippen molar-refractivity contribution in [3.8, 4) is 0 Å². The van der Waals surface area contributed by atoms with E-state index in [1.165, 1.54) is 12.8 Å². The fourth-order valence-electron chi connectivity index (χ4n) is 3.39. The van der Waals surface area contributed by atoms with Gasteiger partial charge in [0, 0.05) is 24.9 Å². The Morgan fingerprint density at radius 2 is 2.11 bits per heavy atom. The van der Waals surface area contributed by atoms with Gasteiger partial charge in [0.1, 0.15) is 0 Å². The summed E-state index contributed by atoms with van der Waals surface area (Å²) in [5, 5.41) is 6.18. The van der Waals surface area contributed by atoms with Crippen LogP contribution in [0.15, 0.2) is 9.21 Å². The first kappa shape index (κ1) is 11.3. The minimum Gasteiger partial charge on any atom is -0.392 e. The summed E-state index contributed by atoms with van der Waals surface area (Å²) in [7, 11) is 0. The first-order valence-electron chi connectivity index (χ1n) is 7.02. The number of H-pyrrole nitrogens is 1. The van der Waals surface area contributed by atoms with Crippen LogP contribution in [0.1, 0.15) is 43.9 Å². The van der Waals surface area contributed by atoms with Crippen LogP contribution in [0.2, 0.25) is 0 Å². The van der Waals surface area contributed by atoms with Crippen molar-refractivity contribution in [1.82, 2.24) is 15.1 Å². The Morgan fingerprint density at radius 3 is 2.63 bits per heavy atom. The normalized spacial score (nSPS) is 28.6. The van der Waals surface area contributed by atoms with Gasteiger partial charge in [0.25, 0.3) is 0 Å². The molecule has 0 aromatic carbocycles. The summed E-state index contributed by atoms with van der Waals surface area (Å²) < 4.78 is 5.00. The predicted molar refractivity (Wildman–Crippen MR) is 65.5 cm³/mol. The van der Waals surface area contributed by atoms with Crippen molar-refractivity contribution in [2.75, 3.05) is 13.1 Å². The number of likely N-dealkylation sites (tertiary alicyclic amines) is 1. The SMILES string of the molecule is O=C(C1CC12CC2)N1CCC(c2n[nH]c(=O)o2)CC1. The number of aromatic nitrogens is 2. The van der Waals surface area contributed by atoms with E-state index in [0.717, 1.165) is 32.4 Å². The second-order valence-electron chi connectivity index (χ2n) is 6.17. The largest absolute Gasteiger partial charge is 0.434 e. The fourth-order valence-corrected chi connectivity index (χ4v) is 3.39. The van der Waals surface area contributed by atoms with Gasteiger partial charge in [-0.1, -0.05) is 0 Å². The maximum atomic E-state index is 12.3. The number of carbonyl (C=O) groups is 1. The highest BCUT2D eigenvalue weighted by Crippen LogP contribution is 2.71. The second-order valence-corrected chi connectivity index (χ2v) is 6.17. The lowest BCUT2D eigenvalue weighted by atomic mass is 9.96. The van der Waals surface area contributed by atoms with Gasteiger partial charge in [-0.05, 0) is 37.5 Å². The molecule has 2 saturated carbocycles. The summed E-state index contributed by atoms with van der Waals surface area (Å²) >= 11 is 0. The Labute approximate surface area is 110 Å². The van der Waals surface area contributed by atoms with Crippen LogP contribution in [0.25, 0.3) is 0 Å². The molecule has 1 spiro atoms. The van der Waals surface area contributed by atoms with Crippen molar-refractivity contribution in [3.63, 3.8) is 0 Å². The Morgan fingerprint density at radius 1 is 1.37 bits per heavy atom. The molecule has 1 aromatic rings. The molecule has 1 saturated heterocycles. The predicted octanol–water partition coefficient (Wildman–Crippen LogP) is 0.869. The minimum absolute atomic E-state index is 0.164. The first-order valence-corrected chi connectivity index (χ1v) is 7.02. The van der Waals surface area contributed by atoms with E-state index in [1.807, 2.05) is 4.90 Å². The number of rotatable bonds is 2. The molecule has 19 heavy (non-hydrogen) atoms. The summed E-state index contributed by atoms with van der Waals surface area (Å²) in [6.07, 6.45) is 5.27. The van der Waals surface area contributed by atoms with E-state index in [2.05, 4.69) is 10.2 Å². The van der Waals surface area contributed by atoms with E-state index in [1.54, 1.807) is 0 Å². The number of piperidine rings is 1. The lowest BCUT2D eigenvalue weighted by Crippen LogP contribution is -2.39. The van der Waals surface area contributed by atoms with E-state index >= 15 is 0 Å². The third-order valence-electron chi connectivity index (χ3n) is 4.99. The summed E-state index contributed by atoms with van der Waals surface area (Å²) in [5.74, 6) is 0.813. The number of carbonyl (C=O) groups excluding carboxylic acids is 1. The van der Waals surface area contributed by atoms with Crippen LogP contribution < -0.4 is 5.76 Å². The molecule has 102 valence electrons. The molecular weight excluding hydrogens is 246 g/mol. The highest BCUT2D eigenvalue weighted by atomic mass is 16.4. The Bertz CT molecular complexity index is 564. The van der Waals surface area contributed by atoms with E-state index in [-0.39, 0.29) is 5.92 Å². The van der Waals surface area contributed by atoms with Crippen LogP contribution in [0.4, 0.5) is 0 Å². The molecular formula is C13H17N3O3. The van der Waals surface area contributed by atoms with Crippen molar-refractivity contribution in [1.29, 1.82) is 0 Å². The van der Waals surface area contributed by atoms with Crippen molar-refractivity contribution in [3.05, 3.63) is 16.4 Å². The molecule has 6 heteroatoms. The van der Waals surface area contributed by atoms with Gasteiger partial charge in [-0.3, -0.25) is 4.79 Å². The highest BCUT2D eigenvalue weighted by molar-refractivity contribution is 5.83. The van der Waals surface area contributed by atoms with Crippen LogP contribution in [-0.4, -0.2) is 34.1 Å². The summed E-state index contributed by atoms with van der Waals surface area (Å²) in [4.78, 5) is 25.2. The third-order valence-corrected chi connectivity index (χ3v) is 4.99. The number of hydrogen-bond donors (Lipinski definition) is 1. The number of nitrogens with zero attached hydrogens (tertiary/aromatic N) is 2. The highest BCUT2D eigenvalue weighted by Gasteiger charge is 2.66. The fraction of sp³-hybridized carbons (Fsp3) is 0.769. The molecule has 6 nitrogen and oxygen atoms in total. The Balaban J connectivity index is 1.37. The molecule has 0 radical (unpaired) electrons. The smallest absolute Gasteiger partial charge is 0.392 e. The molecule has 3 fully saturated rings. The topological polar surface area (TPSA) is 79.2 Å². The number of amides is 1. The second kappa shape index (κ2) is 3.71. The van der Waals surface area contributed by atoms with Gasteiger partial charge in [0.05, 0.1) is 0 Å². The molecule has 2 aliphatic carbocycles. The molecule has 1 N–H and O–H groups in total. The lowest BCUT2D eigenvalue weighted by molar-refractivity contribution is -0.134. The molecule has 1 amide bonds. The minimum atomic E-state index is -0.498. The third kappa shape index (κ3) is 1.81. The molecule has 3 aliphatic rings. The van der Waals surface area contributed by atoms with Crippen molar-refractivity contribution in [2.24, 2.45) is 11.3 Å². The van der Waals surface area contributed by atoms with Crippen molar-refractivity contribution >= 4 is 5.91 Å². The average Bonchev–Trinajstić information content (AvgIpc) is 3.32. The van der Waals surface area contributed by atoms with Crippen LogP contribution in [-0.2, 0) is 4.79 Å². The van der Waals surface area contributed by atoms with Crippen LogP contribution in [0.3, 0.4) is 0 Å². The van der Waals surface area contributed by atoms with E-state index in [4.69, 9.17) is 4.42 Å². The standard InChI is InChI=1S/C13H17N3O3/c17-11(9-7-13(9)3-4-13)16-5-1-8(2-6-16)10-14-15-12(18)19-10/h8-9H,1-7H2,(H,15,18). The maximum Gasteiger partial charge on any atom is 0.434 e. The molecule has 2 heterocycles. The molecule has 1 aromatic heterocycles. The zero-order chi connectivity index (χ0) is 13.0. The zero-order valence-electron chi connectivity index (χ0n) is 10.7. The van der Waals surface area contributed by atoms with Crippen LogP contribution in [0, 0.1) is 11.3 Å². The summed E-state index contributed by atoms with van der Waals surface area (Å²) in [6, 6.07) is 0. The van der Waals surface area contributed by atoms with Gasteiger partial charge in [-0.25, -0.2) is 9.89 Å². The average molecular weight is 263 g/mol. The molecule has 4 rings (SSSR count). The van der Waals surface area contributed by atoms with Crippen molar-refractivity contribution < 1.29 is 9.21 Å². The van der Waals surface area contributed by atoms with Gasteiger partial charge in [-0.15, -0.1) is 5.10 Å². The maximum absolute atomic E-state index is 12.3. The summed E-state index contributed by atoms with van der Waals surface area (Å²) in [5.41, 5.74) is 0.433. The monoisotopic (exact) mass is 263 g/mol. The lowest BCUT2D eigenvalue weighted by Gasteiger charge is -2.30. The van der Waals surface area contributed by atoms with Gasteiger partial charge in [-0.2, -0.15) is 0 Å². The quantitative estimate of drug-likeness (QED) is 0.858. The van der Waals surface area contributed by atoms with Gasteiger partial charge in [0.15, 0.2) is 0 Å². The van der Waals surface area contributed by atoms with E-state index in [9.17, 15) is 9.59 Å². The van der Waals surface area contributed by atoms with E-state index in [0.29, 0.717) is 23.1 Å². The molecule has 1 unspecified atom stereocenters. The van der Waals surface area contributed by atoms with Crippen molar-refractivity contribution in [2.45, 2.75) is 38.0 Å². The molecule has 0 bridgehead atoms. The van der Waals surface area contributed by atoms with Crippen LogP contribution >= 0.6 is 0 Å². The number of aromatic amines is 1. The molecule has 1 aliphatic heterocycles. The molecule has 1 atom stereocenters. The van der Waals surface area contributed by atoms with Gasteiger partial charge < -0.3 is 9.32 Å². The Hall–Kier alpha value is -1.59. The first-order chi connectivity index (χ1) is 9.18. The Kier molecular flexibility index (Phi) is 2.20. The number of nitrogens with one attached hydrogen (secondary N) is 1. The summed E-state index contributed by atoms with van der Waals surface area (Å²) in [6.45, 7) is 1.51. The van der Waals surface area contributed by atoms with Gasteiger partial charge in [0.2, 0.25) is 11.8 Å². The van der Waals surface area contributed by atoms with Gasteiger partial charge >= 0.3 is 5.76 Å².